The number of pyridine rings is 1. The molecule has 4 aromatic rings. The second-order valence-electron chi connectivity index (χ2n) is 6.72. The lowest BCUT2D eigenvalue weighted by atomic mass is 10.0. The van der Waals surface area contributed by atoms with Crippen LogP contribution in [-0.4, -0.2) is 32.7 Å². The first-order valence-electron chi connectivity index (χ1n) is 8.89. The first-order chi connectivity index (χ1) is 12.8. The number of hydrogen-bond donors (Lipinski definition) is 1. The van der Waals surface area contributed by atoms with E-state index in [1.807, 2.05) is 24.4 Å². The van der Waals surface area contributed by atoms with Crippen molar-refractivity contribution in [2.75, 3.05) is 11.4 Å². The molecule has 1 aliphatic rings. The van der Waals surface area contributed by atoms with Crippen molar-refractivity contribution in [2.24, 2.45) is 0 Å². The normalized spacial score (nSPS) is 20.1. The summed E-state index contributed by atoms with van der Waals surface area (Å²) in [5.74, 6) is 1.57. The van der Waals surface area contributed by atoms with Gasteiger partial charge in [-0.05, 0) is 37.6 Å². The summed E-state index contributed by atoms with van der Waals surface area (Å²) in [6.07, 6.45) is 4.64. The van der Waals surface area contributed by atoms with Crippen molar-refractivity contribution in [1.82, 2.24) is 20.1 Å². The molecule has 0 amide bonds. The van der Waals surface area contributed by atoms with Crippen LogP contribution >= 0.6 is 0 Å². The second kappa shape index (κ2) is 5.98. The Labute approximate surface area is 150 Å². The molecule has 3 aromatic heterocycles. The van der Waals surface area contributed by atoms with Crippen LogP contribution in [0, 0.1) is 0 Å². The van der Waals surface area contributed by atoms with Gasteiger partial charge in [0.05, 0.1) is 5.92 Å². The molecule has 1 saturated heterocycles. The number of hydrogen-bond acceptors (Lipinski definition) is 5. The summed E-state index contributed by atoms with van der Waals surface area (Å²) in [6, 6.07) is 14.7. The molecule has 2 unspecified atom stereocenters. The van der Waals surface area contributed by atoms with Crippen LogP contribution in [0.25, 0.3) is 22.4 Å². The highest BCUT2D eigenvalue weighted by Crippen LogP contribution is 2.36. The average Bonchev–Trinajstić information content (AvgIpc) is 3.41. The Balaban J connectivity index is 1.45. The van der Waals surface area contributed by atoms with Crippen molar-refractivity contribution in [3.8, 4) is 11.4 Å². The van der Waals surface area contributed by atoms with E-state index >= 15 is 0 Å². The first-order valence-corrected chi connectivity index (χ1v) is 8.89. The first kappa shape index (κ1) is 15.1. The number of H-pyrrole nitrogens is 1. The molecular formula is C20H19N5O. The SMILES string of the molecule is CC1C(c2nc(-c3ccnc4[nH]ccc34)no2)CCN1c1ccccc1. The molecule has 0 aliphatic carbocycles. The number of fused-ring (bicyclic) bond motifs is 1. The van der Waals surface area contributed by atoms with Gasteiger partial charge in [-0.15, -0.1) is 0 Å². The summed E-state index contributed by atoms with van der Waals surface area (Å²) in [5.41, 5.74) is 3.01. The van der Waals surface area contributed by atoms with Gasteiger partial charge in [-0.25, -0.2) is 4.98 Å². The van der Waals surface area contributed by atoms with Gasteiger partial charge in [0.1, 0.15) is 5.65 Å². The van der Waals surface area contributed by atoms with E-state index in [-0.39, 0.29) is 5.92 Å². The summed E-state index contributed by atoms with van der Waals surface area (Å²) in [7, 11) is 0. The predicted octanol–water partition coefficient (Wildman–Crippen LogP) is 4.00. The maximum absolute atomic E-state index is 5.66. The minimum Gasteiger partial charge on any atom is -0.368 e. The summed E-state index contributed by atoms with van der Waals surface area (Å²) >= 11 is 0. The van der Waals surface area contributed by atoms with E-state index in [9.17, 15) is 0 Å². The van der Waals surface area contributed by atoms with Crippen molar-refractivity contribution in [3.05, 3.63) is 60.7 Å². The van der Waals surface area contributed by atoms with Gasteiger partial charge in [-0.2, -0.15) is 4.98 Å². The Morgan fingerprint density at radius 2 is 2.04 bits per heavy atom. The second-order valence-corrected chi connectivity index (χ2v) is 6.72. The van der Waals surface area contributed by atoms with Crippen molar-refractivity contribution in [2.45, 2.75) is 25.3 Å². The molecule has 0 bridgehead atoms. The number of para-hydroxylation sites is 1. The molecule has 130 valence electrons. The summed E-state index contributed by atoms with van der Waals surface area (Å²) < 4.78 is 5.66. The van der Waals surface area contributed by atoms with E-state index in [4.69, 9.17) is 9.51 Å². The van der Waals surface area contributed by atoms with E-state index in [2.05, 4.69) is 51.2 Å². The van der Waals surface area contributed by atoms with Crippen LogP contribution in [0.4, 0.5) is 5.69 Å². The molecule has 0 saturated carbocycles. The number of anilines is 1. The molecule has 2 atom stereocenters. The van der Waals surface area contributed by atoms with Crippen molar-refractivity contribution in [3.63, 3.8) is 0 Å². The van der Waals surface area contributed by atoms with Crippen molar-refractivity contribution in [1.29, 1.82) is 0 Å². The third-order valence-electron chi connectivity index (χ3n) is 5.30. The fraction of sp³-hybridized carbons (Fsp3) is 0.250. The van der Waals surface area contributed by atoms with Crippen molar-refractivity contribution < 1.29 is 4.52 Å². The zero-order valence-electron chi connectivity index (χ0n) is 14.5. The molecule has 0 spiro atoms. The molecule has 26 heavy (non-hydrogen) atoms. The van der Waals surface area contributed by atoms with Crippen LogP contribution in [0.3, 0.4) is 0 Å². The van der Waals surface area contributed by atoms with Crippen LogP contribution in [0.5, 0.6) is 0 Å². The molecule has 6 nitrogen and oxygen atoms in total. The smallest absolute Gasteiger partial charge is 0.232 e. The average molecular weight is 345 g/mol. The van der Waals surface area contributed by atoms with Gasteiger partial charge in [0, 0.05) is 41.6 Å². The lowest BCUT2D eigenvalue weighted by Gasteiger charge is -2.25. The fourth-order valence-electron chi connectivity index (χ4n) is 3.90. The van der Waals surface area contributed by atoms with Crippen LogP contribution in [0.15, 0.2) is 59.4 Å². The number of aromatic nitrogens is 4. The van der Waals surface area contributed by atoms with Gasteiger partial charge in [0.2, 0.25) is 11.7 Å². The Bertz CT molecular complexity index is 1040. The van der Waals surface area contributed by atoms with Crippen LogP contribution in [-0.2, 0) is 0 Å². The molecular weight excluding hydrogens is 326 g/mol. The summed E-state index contributed by atoms with van der Waals surface area (Å²) in [4.78, 5) is 14.6. The Morgan fingerprint density at radius 3 is 2.92 bits per heavy atom. The Morgan fingerprint density at radius 1 is 1.15 bits per heavy atom. The van der Waals surface area contributed by atoms with E-state index < -0.39 is 0 Å². The largest absolute Gasteiger partial charge is 0.368 e. The van der Waals surface area contributed by atoms with E-state index in [0.717, 1.165) is 29.6 Å². The van der Waals surface area contributed by atoms with Gasteiger partial charge in [0.25, 0.3) is 0 Å². The number of nitrogens with one attached hydrogen (secondary N) is 1. The highest BCUT2D eigenvalue weighted by atomic mass is 16.5. The van der Waals surface area contributed by atoms with Gasteiger partial charge in [0.15, 0.2) is 0 Å². The summed E-state index contributed by atoms with van der Waals surface area (Å²) in [5, 5.41) is 5.25. The van der Waals surface area contributed by atoms with Crippen LogP contribution < -0.4 is 4.90 Å². The monoisotopic (exact) mass is 345 g/mol. The number of nitrogens with zero attached hydrogens (tertiary/aromatic N) is 4. The maximum Gasteiger partial charge on any atom is 0.232 e. The van der Waals surface area contributed by atoms with Gasteiger partial charge < -0.3 is 14.4 Å². The molecule has 1 aromatic carbocycles. The molecule has 6 heteroatoms. The molecule has 1 N–H and O–H groups in total. The minimum absolute atomic E-state index is 0.236. The molecule has 0 radical (unpaired) electrons. The van der Waals surface area contributed by atoms with Gasteiger partial charge in [-0.1, -0.05) is 23.4 Å². The topological polar surface area (TPSA) is 70.8 Å². The summed E-state index contributed by atoms with van der Waals surface area (Å²) in [6.45, 7) is 3.22. The van der Waals surface area contributed by atoms with Crippen LogP contribution in [0.1, 0.15) is 25.2 Å². The quantitative estimate of drug-likeness (QED) is 0.608. The number of benzene rings is 1. The predicted molar refractivity (Wildman–Crippen MR) is 100.0 cm³/mol. The maximum atomic E-state index is 5.66. The van der Waals surface area contributed by atoms with Gasteiger partial charge in [-0.3, -0.25) is 0 Å². The zero-order valence-corrected chi connectivity index (χ0v) is 14.5. The van der Waals surface area contributed by atoms with E-state index in [1.54, 1.807) is 6.20 Å². The third kappa shape index (κ3) is 2.37. The number of rotatable bonds is 3. The van der Waals surface area contributed by atoms with E-state index in [0.29, 0.717) is 17.8 Å². The van der Waals surface area contributed by atoms with Crippen LogP contribution in [0.2, 0.25) is 0 Å². The lowest BCUT2D eigenvalue weighted by molar-refractivity contribution is 0.348. The fourth-order valence-corrected chi connectivity index (χ4v) is 3.90. The van der Waals surface area contributed by atoms with Crippen molar-refractivity contribution >= 4 is 16.7 Å². The standard InChI is InChI=1S/C20H19N5O/c1-13-15(9-12-25(13)14-5-3-2-4-6-14)20-23-19(24-26-20)17-8-11-22-18-16(17)7-10-21-18/h2-8,10-11,13,15H,9,12H2,1H3,(H,21,22). The zero-order chi connectivity index (χ0) is 17.5. The molecule has 4 heterocycles. The Hall–Kier alpha value is -3.15. The lowest BCUT2D eigenvalue weighted by Crippen LogP contribution is -2.29. The molecule has 1 aliphatic heterocycles. The third-order valence-corrected chi connectivity index (χ3v) is 5.30. The number of aromatic amines is 1. The Kier molecular flexibility index (Phi) is 3.48. The highest BCUT2D eigenvalue weighted by molar-refractivity contribution is 5.90. The van der Waals surface area contributed by atoms with E-state index in [1.165, 1.54) is 5.69 Å². The van der Waals surface area contributed by atoms with Gasteiger partial charge >= 0.3 is 0 Å². The minimum atomic E-state index is 0.236. The molecule has 1 fully saturated rings. The molecule has 5 rings (SSSR count). The highest BCUT2D eigenvalue weighted by Gasteiger charge is 2.35.